The molecule has 1 aromatic carbocycles. The minimum atomic E-state index is -0.235. The number of amides is 1. The lowest BCUT2D eigenvalue weighted by atomic mass is 10.0. The maximum absolute atomic E-state index is 12.6. The number of nitrogens with one attached hydrogen (secondary N) is 2. The fourth-order valence-electron chi connectivity index (χ4n) is 3.02. The number of anilines is 2. The average Bonchev–Trinajstić information content (AvgIpc) is 2.69. The maximum Gasteiger partial charge on any atom is 0.274 e. The third kappa shape index (κ3) is 5.48. The Balaban J connectivity index is 1.58. The van der Waals surface area contributed by atoms with Crippen LogP contribution < -0.4 is 10.6 Å². The summed E-state index contributed by atoms with van der Waals surface area (Å²) in [6.07, 6.45) is 1.60. The number of carbonyl (C=O) groups is 1. The first-order chi connectivity index (χ1) is 13.1. The van der Waals surface area contributed by atoms with Crippen LogP contribution in [0.5, 0.6) is 0 Å². The zero-order valence-corrected chi connectivity index (χ0v) is 15.9. The molecule has 1 aliphatic rings. The maximum atomic E-state index is 12.6. The fourth-order valence-corrected chi connectivity index (χ4v) is 3.02. The van der Waals surface area contributed by atoms with E-state index in [1.165, 1.54) is 0 Å². The molecule has 1 aromatic heterocycles. The molecule has 1 saturated heterocycles. The second-order valence-electron chi connectivity index (χ2n) is 6.84. The minimum absolute atomic E-state index is 0.235. The topological polar surface area (TPSA) is 79.4 Å². The number of nitrogens with zero attached hydrogens (tertiary/aromatic N) is 3. The first kappa shape index (κ1) is 19.3. The van der Waals surface area contributed by atoms with E-state index >= 15 is 0 Å². The molecule has 27 heavy (non-hydrogen) atoms. The molecule has 7 heteroatoms. The van der Waals surface area contributed by atoms with Crippen LogP contribution >= 0.6 is 0 Å². The summed E-state index contributed by atoms with van der Waals surface area (Å²) < 4.78 is 5.35. The van der Waals surface area contributed by atoms with E-state index in [-0.39, 0.29) is 5.91 Å². The van der Waals surface area contributed by atoms with Crippen LogP contribution in [0.15, 0.2) is 36.5 Å². The lowest BCUT2D eigenvalue weighted by Gasteiger charge is -2.26. The number of hydrogen-bond donors (Lipinski definition) is 2. The Morgan fingerprint density at radius 3 is 2.78 bits per heavy atom. The summed E-state index contributed by atoms with van der Waals surface area (Å²) in [5, 5.41) is 6.16. The fraction of sp³-hybridized carbons (Fsp3) is 0.450. The zero-order chi connectivity index (χ0) is 19.1. The van der Waals surface area contributed by atoms with E-state index in [4.69, 9.17) is 4.74 Å². The van der Waals surface area contributed by atoms with E-state index < -0.39 is 0 Å². The van der Waals surface area contributed by atoms with Crippen molar-refractivity contribution in [3.05, 3.63) is 47.8 Å². The van der Waals surface area contributed by atoms with Crippen molar-refractivity contribution in [2.75, 3.05) is 50.0 Å². The molecule has 0 radical (unpaired) electrons. The van der Waals surface area contributed by atoms with Gasteiger partial charge in [-0.15, -0.1) is 0 Å². The van der Waals surface area contributed by atoms with Gasteiger partial charge in [-0.25, -0.2) is 9.97 Å². The van der Waals surface area contributed by atoms with Gasteiger partial charge in [0.15, 0.2) is 0 Å². The van der Waals surface area contributed by atoms with Crippen LogP contribution in [-0.2, 0) is 4.74 Å². The van der Waals surface area contributed by atoms with Crippen LogP contribution in [0.2, 0.25) is 0 Å². The number of morpholine rings is 1. The van der Waals surface area contributed by atoms with Gasteiger partial charge in [0.25, 0.3) is 5.91 Å². The Morgan fingerprint density at radius 1 is 1.22 bits per heavy atom. The summed E-state index contributed by atoms with van der Waals surface area (Å²) in [5.41, 5.74) is 2.26. The second-order valence-corrected chi connectivity index (χ2v) is 6.84. The normalized spacial score (nSPS) is 14.9. The SMILES string of the molecule is CC(C)c1ccccc1NC(=O)c1ccnc(NCCN2CCOCC2)n1. The molecule has 2 heterocycles. The van der Waals surface area contributed by atoms with Crippen molar-refractivity contribution in [3.8, 4) is 0 Å². The van der Waals surface area contributed by atoms with Gasteiger partial charge >= 0.3 is 0 Å². The van der Waals surface area contributed by atoms with Crippen LogP contribution in [0.1, 0.15) is 35.8 Å². The molecule has 7 nitrogen and oxygen atoms in total. The standard InChI is InChI=1S/C20H27N5O2/c1-15(2)16-5-3-4-6-17(16)23-19(26)18-7-8-21-20(24-18)22-9-10-25-11-13-27-14-12-25/h3-8,15H,9-14H2,1-2H3,(H,23,26)(H,21,22,24). The summed E-state index contributed by atoms with van der Waals surface area (Å²) in [4.78, 5) is 23.5. The molecule has 1 aliphatic heterocycles. The predicted molar refractivity (Wildman–Crippen MR) is 106 cm³/mol. The molecule has 0 bridgehead atoms. The van der Waals surface area contributed by atoms with Gasteiger partial charge in [0.2, 0.25) is 5.95 Å². The van der Waals surface area contributed by atoms with Gasteiger partial charge in [0, 0.05) is 38.1 Å². The first-order valence-corrected chi connectivity index (χ1v) is 9.41. The third-order valence-corrected chi connectivity index (χ3v) is 4.53. The highest BCUT2D eigenvalue weighted by molar-refractivity contribution is 6.03. The van der Waals surface area contributed by atoms with E-state index in [0.717, 1.165) is 50.6 Å². The lowest BCUT2D eigenvalue weighted by molar-refractivity contribution is 0.0398. The largest absolute Gasteiger partial charge is 0.379 e. The summed E-state index contributed by atoms with van der Waals surface area (Å²) >= 11 is 0. The molecule has 0 spiro atoms. The summed E-state index contributed by atoms with van der Waals surface area (Å²) in [6, 6.07) is 9.46. The molecule has 0 saturated carbocycles. The molecule has 2 N–H and O–H groups in total. The zero-order valence-electron chi connectivity index (χ0n) is 15.9. The number of aromatic nitrogens is 2. The third-order valence-electron chi connectivity index (χ3n) is 4.53. The van der Waals surface area contributed by atoms with Gasteiger partial charge in [-0.3, -0.25) is 9.69 Å². The molecule has 0 unspecified atom stereocenters. The molecular weight excluding hydrogens is 342 g/mol. The van der Waals surface area contributed by atoms with Crippen molar-refractivity contribution in [3.63, 3.8) is 0 Å². The molecule has 144 valence electrons. The van der Waals surface area contributed by atoms with Gasteiger partial charge < -0.3 is 15.4 Å². The Labute approximate surface area is 160 Å². The predicted octanol–water partition coefficient (Wildman–Crippen LogP) is 2.60. The van der Waals surface area contributed by atoms with E-state index in [2.05, 4.69) is 39.3 Å². The minimum Gasteiger partial charge on any atom is -0.379 e. The summed E-state index contributed by atoms with van der Waals surface area (Å²) in [6.45, 7) is 9.28. The Kier molecular flexibility index (Phi) is 6.73. The average molecular weight is 369 g/mol. The van der Waals surface area contributed by atoms with Crippen LogP contribution in [0.4, 0.5) is 11.6 Å². The number of para-hydroxylation sites is 1. The molecule has 0 aliphatic carbocycles. The number of benzene rings is 1. The van der Waals surface area contributed by atoms with Crippen LogP contribution in [-0.4, -0.2) is 60.2 Å². The van der Waals surface area contributed by atoms with E-state index in [1.807, 2.05) is 24.3 Å². The van der Waals surface area contributed by atoms with Crippen molar-refractivity contribution in [1.82, 2.24) is 14.9 Å². The van der Waals surface area contributed by atoms with E-state index in [0.29, 0.717) is 17.6 Å². The Morgan fingerprint density at radius 2 is 2.00 bits per heavy atom. The highest BCUT2D eigenvalue weighted by atomic mass is 16.5. The molecule has 1 amide bonds. The first-order valence-electron chi connectivity index (χ1n) is 9.41. The number of hydrogen-bond acceptors (Lipinski definition) is 6. The van der Waals surface area contributed by atoms with E-state index in [9.17, 15) is 4.79 Å². The quantitative estimate of drug-likeness (QED) is 0.781. The summed E-state index contributed by atoms with van der Waals surface area (Å²) in [7, 11) is 0. The van der Waals surface area contributed by atoms with Crippen LogP contribution in [0.3, 0.4) is 0 Å². The summed E-state index contributed by atoms with van der Waals surface area (Å²) in [5.74, 6) is 0.555. The van der Waals surface area contributed by atoms with Crippen molar-refractivity contribution in [2.24, 2.45) is 0 Å². The number of carbonyl (C=O) groups excluding carboxylic acids is 1. The van der Waals surface area contributed by atoms with Gasteiger partial charge in [-0.1, -0.05) is 32.0 Å². The second kappa shape index (κ2) is 9.43. The molecular formula is C20H27N5O2. The van der Waals surface area contributed by atoms with Gasteiger partial charge in [0.1, 0.15) is 5.69 Å². The van der Waals surface area contributed by atoms with Crippen molar-refractivity contribution >= 4 is 17.5 Å². The highest BCUT2D eigenvalue weighted by Crippen LogP contribution is 2.24. The van der Waals surface area contributed by atoms with Crippen molar-refractivity contribution < 1.29 is 9.53 Å². The molecule has 1 fully saturated rings. The monoisotopic (exact) mass is 369 g/mol. The van der Waals surface area contributed by atoms with Crippen LogP contribution in [0, 0.1) is 0 Å². The smallest absolute Gasteiger partial charge is 0.274 e. The van der Waals surface area contributed by atoms with Crippen molar-refractivity contribution in [2.45, 2.75) is 19.8 Å². The lowest BCUT2D eigenvalue weighted by Crippen LogP contribution is -2.39. The molecule has 0 atom stereocenters. The number of rotatable bonds is 7. The van der Waals surface area contributed by atoms with Crippen molar-refractivity contribution in [1.29, 1.82) is 0 Å². The highest BCUT2D eigenvalue weighted by Gasteiger charge is 2.13. The van der Waals surface area contributed by atoms with Gasteiger partial charge in [0.05, 0.1) is 13.2 Å². The molecule has 2 aromatic rings. The van der Waals surface area contributed by atoms with Gasteiger partial charge in [-0.2, -0.15) is 0 Å². The molecule has 3 rings (SSSR count). The Hall–Kier alpha value is -2.51. The van der Waals surface area contributed by atoms with E-state index in [1.54, 1.807) is 12.3 Å². The Bertz CT molecular complexity index is 760. The number of ether oxygens (including phenoxy) is 1. The van der Waals surface area contributed by atoms with Crippen LogP contribution in [0.25, 0.3) is 0 Å². The van der Waals surface area contributed by atoms with Gasteiger partial charge in [-0.05, 0) is 23.6 Å².